The first-order valence-corrected chi connectivity index (χ1v) is 3.99. The van der Waals surface area contributed by atoms with E-state index < -0.39 is 11.7 Å². The molecule has 13 heavy (non-hydrogen) atoms. The molecule has 0 fully saturated rings. The van der Waals surface area contributed by atoms with E-state index in [1.165, 1.54) is 11.9 Å². The smallest absolute Gasteiger partial charge is 0.410 e. The number of rotatable bonds is 2. The fourth-order valence-electron chi connectivity index (χ4n) is 0.660. The van der Waals surface area contributed by atoms with Crippen LogP contribution in [0.15, 0.2) is 0 Å². The lowest BCUT2D eigenvalue weighted by Crippen LogP contribution is -2.38. The molecule has 3 N–H and O–H groups in total. The summed E-state index contributed by atoms with van der Waals surface area (Å²) < 4.78 is 5.04. The molecule has 0 rings (SSSR count). The summed E-state index contributed by atoms with van der Waals surface area (Å²) in [5, 5.41) is 6.98. The van der Waals surface area contributed by atoms with Crippen LogP contribution in [0.2, 0.25) is 0 Å². The molecule has 0 aromatic rings. The number of nitrogens with zero attached hydrogens (tertiary/aromatic N) is 1. The summed E-state index contributed by atoms with van der Waals surface area (Å²) in [6.07, 6.45) is -0.470. The van der Waals surface area contributed by atoms with Crippen LogP contribution < -0.4 is 5.73 Å². The third-order valence-electron chi connectivity index (χ3n) is 1.11. The van der Waals surface area contributed by atoms with Crippen LogP contribution in [0.1, 0.15) is 20.8 Å². The van der Waals surface area contributed by atoms with Crippen molar-refractivity contribution in [1.29, 1.82) is 5.41 Å². The second-order valence-corrected chi connectivity index (χ2v) is 3.86. The lowest BCUT2D eigenvalue weighted by atomic mass is 10.2. The lowest BCUT2D eigenvalue weighted by molar-refractivity contribution is 0.0323. The molecule has 76 valence electrons. The van der Waals surface area contributed by atoms with Crippen LogP contribution in [0, 0.1) is 5.41 Å². The van der Waals surface area contributed by atoms with E-state index in [4.69, 9.17) is 15.9 Å². The van der Waals surface area contributed by atoms with E-state index in [0.717, 1.165) is 0 Å². The van der Waals surface area contributed by atoms with Gasteiger partial charge in [-0.15, -0.1) is 0 Å². The van der Waals surface area contributed by atoms with Crippen LogP contribution in [-0.4, -0.2) is 36.0 Å². The van der Waals surface area contributed by atoms with Crippen molar-refractivity contribution in [2.24, 2.45) is 5.73 Å². The Hall–Kier alpha value is -1.26. The van der Waals surface area contributed by atoms with Gasteiger partial charge in [0, 0.05) is 7.05 Å². The van der Waals surface area contributed by atoms with Crippen LogP contribution in [0.5, 0.6) is 0 Å². The number of carbonyl (C=O) groups is 1. The van der Waals surface area contributed by atoms with Crippen LogP contribution in [0.25, 0.3) is 0 Å². The number of nitrogens with one attached hydrogen (secondary N) is 1. The maximum absolute atomic E-state index is 11.2. The number of amidine groups is 1. The molecule has 0 saturated carbocycles. The number of carbonyl (C=O) groups excluding carboxylic acids is 1. The molecule has 0 bridgehead atoms. The highest BCUT2D eigenvalue weighted by atomic mass is 16.6. The van der Waals surface area contributed by atoms with Crippen molar-refractivity contribution in [3.05, 3.63) is 0 Å². The molecule has 0 radical (unpaired) electrons. The SMILES string of the molecule is CN(CC(=N)N)C(=O)OC(C)(C)C. The molecule has 0 saturated heterocycles. The highest BCUT2D eigenvalue weighted by Gasteiger charge is 2.19. The number of amides is 1. The third kappa shape index (κ3) is 5.95. The predicted molar refractivity (Wildman–Crippen MR) is 50.8 cm³/mol. The molecule has 0 aromatic carbocycles. The van der Waals surface area contributed by atoms with Gasteiger partial charge in [-0.3, -0.25) is 5.41 Å². The predicted octanol–water partition coefficient (Wildman–Crippen LogP) is 0.789. The summed E-state index contributed by atoms with van der Waals surface area (Å²) in [6, 6.07) is 0. The Morgan fingerprint density at radius 2 is 2.00 bits per heavy atom. The molecular formula is C8H17N3O2. The van der Waals surface area contributed by atoms with Crippen molar-refractivity contribution in [2.45, 2.75) is 26.4 Å². The van der Waals surface area contributed by atoms with Gasteiger partial charge in [0.2, 0.25) is 0 Å². The van der Waals surface area contributed by atoms with E-state index in [2.05, 4.69) is 0 Å². The van der Waals surface area contributed by atoms with Gasteiger partial charge in [0.05, 0.1) is 6.54 Å². The zero-order valence-electron chi connectivity index (χ0n) is 8.55. The van der Waals surface area contributed by atoms with Crippen LogP contribution in [0.3, 0.4) is 0 Å². The fraction of sp³-hybridized carbons (Fsp3) is 0.750. The van der Waals surface area contributed by atoms with Gasteiger partial charge < -0.3 is 15.4 Å². The summed E-state index contributed by atoms with van der Waals surface area (Å²) in [5.74, 6) is -0.0617. The van der Waals surface area contributed by atoms with Crippen molar-refractivity contribution >= 4 is 11.9 Å². The summed E-state index contributed by atoms with van der Waals surface area (Å²) >= 11 is 0. The molecule has 0 heterocycles. The Bertz CT molecular complexity index is 208. The average Bonchev–Trinajstić information content (AvgIpc) is 1.81. The van der Waals surface area contributed by atoms with Gasteiger partial charge >= 0.3 is 6.09 Å². The van der Waals surface area contributed by atoms with Crippen molar-refractivity contribution in [3.63, 3.8) is 0 Å². The molecule has 5 heteroatoms. The minimum atomic E-state index is -0.512. The number of nitrogens with two attached hydrogens (primary N) is 1. The molecule has 0 unspecified atom stereocenters. The molecule has 1 amide bonds. The molecular weight excluding hydrogens is 170 g/mol. The van der Waals surface area contributed by atoms with Crippen molar-refractivity contribution in [1.82, 2.24) is 4.90 Å². The van der Waals surface area contributed by atoms with E-state index in [9.17, 15) is 4.79 Å². The van der Waals surface area contributed by atoms with Crippen LogP contribution >= 0.6 is 0 Å². The molecule has 0 aliphatic heterocycles. The maximum Gasteiger partial charge on any atom is 0.410 e. The zero-order chi connectivity index (χ0) is 10.6. The summed E-state index contributed by atoms with van der Waals surface area (Å²) in [5.41, 5.74) is 4.62. The van der Waals surface area contributed by atoms with Crippen molar-refractivity contribution in [3.8, 4) is 0 Å². The summed E-state index contributed by atoms with van der Waals surface area (Å²) in [4.78, 5) is 12.5. The number of hydrogen-bond donors (Lipinski definition) is 2. The van der Waals surface area contributed by atoms with Gasteiger partial charge in [0.1, 0.15) is 11.4 Å². The second-order valence-electron chi connectivity index (χ2n) is 3.86. The molecule has 0 spiro atoms. The minimum Gasteiger partial charge on any atom is -0.444 e. The second kappa shape index (κ2) is 4.11. The Balaban J connectivity index is 4.05. The summed E-state index contributed by atoms with van der Waals surface area (Å²) in [7, 11) is 1.54. The average molecular weight is 187 g/mol. The Labute approximate surface area is 78.4 Å². The topological polar surface area (TPSA) is 79.4 Å². The standard InChI is InChI=1S/C8H17N3O2/c1-8(2,3)13-7(12)11(4)5-6(9)10/h5H2,1-4H3,(H3,9,10). The van der Waals surface area contributed by atoms with Gasteiger partial charge in [-0.05, 0) is 20.8 Å². The fourth-order valence-corrected chi connectivity index (χ4v) is 0.660. The first-order chi connectivity index (χ1) is 5.72. The molecule has 0 aromatic heterocycles. The van der Waals surface area contributed by atoms with E-state index in [1.54, 1.807) is 20.8 Å². The lowest BCUT2D eigenvalue weighted by Gasteiger charge is -2.24. The molecule has 0 aliphatic carbocycles. The quantitative estimate of drug-likeness (QED) is 0.495. The normalized spacial score (nSPS) is 10.8. The summed E-state index contributed by atoms with van der Waals surface area (Å²) in [6.45, 7) is 5.44. The largest absolute Gasteiger partial charge is 0.444 e. The molecule has 0 atom stereocenters. The first kappa shape index (κ1) is 11.7. The van der Waals surface area contributed by atoms with Crippen molar-refractivity contribution in [2.75, 3.05) is 13.6 Å². The number of hydrogen-bond acceptors (Lipinski definition) is 3. The maximum atomic E-state index is 11.2. The van der Waals surface area contributed by atoms with Gasteiger partial charge in [-0.2, -0.15) is 0 Å². The van der Waals surface area contributed by atoms with Gasteiger partial charge in [0.15, 0.2) is 0 Å². The zero-order valence-corrected chi connectivity index (χ0v) is 8.55. The minimum absolute atomic E-state index is 0.0617. The molecule has 0 aliphatic rings. The van der Waals surface area contributed by atoms with E-state index in [-0.39, 0.29) is 12.4 Å². The third-order valence-corrected chi connectivity index (χ3v) is 1.11. The first-order valence-electron chi connectivity index (χ1n) is 3.99. The van der Waals surface area contributed by atoms with Crippen molar-refractivity contribution < 1.29 is 9.53 Å². The van der Waals surface area contributed by atoms with E-state index in [0.29, 0.717) is 0 Å². The number of ether oxygens (including phenoxy) is 1. The van der Waals surface area contributed by atoms with Crippen LogP contribution in [-0.2, 0) is 4.74 Å². The highest BCUT2D eigenvalue weighted by Crippen LogP contribution is 2.08. The Morgan fingerprint density at radius 1 is 1.54 bits per heavy atom. The van der Waals surface area contributed by atoms with E-state index >= 15 is 0 Å². The monoisotopic (exact) mass is 187 g/mol. The van der Waals surface area contributed by atoms with Gasteiger partial charge in [0.25, 0.3) is 0 Å². The highest BCUT2D eigenvalue weighted by molar-refractivity contribution is 5.82. The van der Waals surface area contributed by atoms with Crippen LogP contribution in [0.4, 0.5) is 4.79 Å². The van der Waals surface area contributed by atoms with Gasteiger partial charge in [-0.25, -0.2) is 4.79 Å². The van der Waals surface area contributed by atoms with Gasteiger partial charge in [-0.1, -0.05) is 0 Å². The Morgan fingerprint density at radius 3 is 2.31 bits per heavy atom. The number of likely N-dealkylation sites (N-methyl/N-ethyl adjacent to an activating group) is 1. The Kier molecular flexibility index (Phi) is 3.71. The van der Waals surface area contributed by atoms with E-state index in [1.807, 2.05) is 0 Å². The molecule has 5 nitrogen and oxygen atoms in total.